The van der Waals surface area contributed by atoms with Crippen LogP contribution >= 0.6 is 22.9 Å². The molecule has 1 aliphatic rings. The molecule has 0 bridgehead atoms. The molecule has 0 aromatic carbocycles. The van der Waals surface area contributed by atoms with E-state index in [9.17, 15) is 9.59 Å². The molecule has 17 heavy (non-hydrogen) atoms. The Labute approximate surface area is 107 Å². The van der Waals surface area contributed by atoms with Crippen LogP contribution in [-0.4, -0.2) is 35.6 Å². The van der Waals surface area contributed by atoms with Gasteiger partial charge in [-0.3, -0.25) is 4.79 Å². The molecular weight excluding hydrogens is 258 g/mol. The molecule has 3 nitrogen and oxygen atoms in total. The van der Waals surface area contributed by atoms with E-state index in [2.05, 4.69) is 0 Å². The maximum atomic E-state index is 11.9. The van der Waals surface area contributed by atoms with Gasteiger partial charge < -0.3 is 0 Å². The van der Waals surface area contributed by atoms with E-state index in [-0.39, 0.29) is 12.3 Å². The Morgan fingerprint density at radius 3 is 3.00 bits per heavy atom. The van der Waals surface area contributed by atoms with Crippen LogP contribution in [0.4, 0.5) is 0 Å². The first-order chi connectivity index (χ1) is 8.19. The summed E-state index contributed by atoms with van der Waals surface area (Å²) in [5.41, 5.74) is 0.546. The van der Waals surface area contributed by atoms with Crippen LogP contribution in [0.15, 0.2) is 29.9 Å². The minimum absolute atomic E-state index is 0.00120. The van der Waals surface area contributed by atoms with Crippen molar-refractivity contribution >= 4 is 40.9 Å². The molecule has 0 unspecified atom stereocenters. The number of Topliss-reactive ketones (excluding diaryl/α,β-unsaturated/α-hetero) is 1. The lowest BCUT2D eigenvalue weighted by atomic mass is 10.2. The summed E-state index contributed by atoms with van der Waals surface area (Å²) in [7, 11) is 0. The number of ketones is 1. The van der Waals surface area contributed by atoms with Gasteiger partial charge in [0, 0.05) is 6.08 Å². The molecule has 1 aromatic rings. The van der Waals surface area contributed by atoms with E-state index in [4.69, 9.17) is 11.6 Å². The number of hydrogen-bond donors (Lipinski definition) is 0. The van der Waals surface area contributed by atoms with E-state index in [1.54, 1.807) is 35.1 Å². The maximum absolute atomic E-state index is 11.9. The lowest BCUT2D eigenvalue weighted by Crippen LogP contribution is -2.25. The minimum atomic E-state index is -0.00120. The minimum Gasteiger partial charge on any atom is -0.286 e. The molecule has 0 atom stereocenters. The zero-order valence-electron chi connectivity index (χ0n) is 8.85. The van der Waals surface area contributed by atoms with Crippen molar-refractivity contribution in [1.29, 1.82) is 0 Å². The van der Waals surface area contributed by atoms with E-state index in [0.29, 0.717) is 21.3 Å². The first kappa shape index (κ1) is 12.0. The van der Waals surface area contributed by atoms with E-state index >= 15 is 0 Å². The number of carbonyl (C=O) groups excluding carboxylic acids is 2. The molecule has 2 heterocycles. The molecule has 0 saturated heterocycles. The fourth-order valence-electron chi connectivity index (χ4n) is 1.51. The summed E-state index contributed by atoms with van der Waals surface area (Å²) in [5, 5.41) is 0. The third-order valence-electron chi connectivity index (χ3n) is 2.29. The van der Waals surface area contributed by atoms with E-state index in [1.807, 2.05) is 5.94 Å². The Kier molecular flexibility index (Phi) is 3.69. The van der Waals surface area contributed by atoms with Gasteiger partial charge in [-0.15, -0.1) is 11.3 Å². The van der Waals surface area contributed by atoms with Crippen LogP contribution in [0.1, 0.15) is 9.67 Å². The fraction of sp³-hybridized carbons (Fsp3) is 0.167. The highest BCUT2D eigenvalue weighted by molar-refractivity contribution is 7.18. The number of halogens is 1. The highest BCUT2D eigenvalue weighted by Crippen LogP contribution is 2.21. The van der Waals surface area contributed by atoms with Crippen molar-refractivity contribution in [3.63, 3.8) is 0 Å². The SMILES string of the molecule is O=C=C1C=CC=[N+](CC(=O)c2ccc(Cl)s2)C1. The Morgan fingerprint density at radius 2 is 2.35 bits per heavy atom. The molecule has 1 aliphatic heterocycles. The molecule has 2 rings (SSSR count). The normalized spacial score (nSPS) is 14.4. The predicted octanol–water partition coefficient (Wildman–Crippen LogP) is 2.00. The second-order valence-electron chi connectivity index (χ2n) is 3.57. The largest absolute Gasteiger partial charge is 0.286 e. The third-order valence-corrected chi connectivity index (χ3v) is 3.57. The average Bonchev–Trinajstić information content (AvgIpc) is 2.76. The van der Waals surface area contributed by atoms with Crippen molar-refractivity contribution in [1.82, 2.24) is 0 Å². The van der Waals surface area contributed by atoms with Gasteiger partial charge in [0.2, 0.25) is 12.3 Å². The summed E-state index contributed by atoms with van der Waals surface area (Å²) >= 11 is 7.04. The van der Waals surface area contributed by atoms with Gasteiger partial charge >= 0.3 is 0 Å². The molecule has 0 N–H and O–H groups in total. The summed E-state index contributed by atoms with van der Waals surface area (Å²) in [4.78, 5) is 23.0. The molecule has 0 fully saturated rings. The number of hydrogen-bond acceptors (Lipinski definition) is 3. The van der Waals surface area contributed by atoms with Gasteiger partial charge in [-0.1, -0.05) is 11.6 Å². The van der Waals surface area contributed by atoms with Gasteiger partial charge in [0.15, 0.2) is 12.8 Å². The van der Waals surface area contributed by atoms with E-state index < -0.39 is 0 Å². The third kappa shape index (κ3) is 3.01. The van der Waals surface area contributed by atoms with E-state index in [1.165, 1.54) is 11.3 Å². The van der Waals surface area contributed by atoms with Crippen molar-refractivity contribution in [3.05, 3.63) is 39.1 Å². The average molecular weight is 267 g/mol. The zero-order valence-corrected chi connectivity index (χ0v) is 10.4. The van der Waals surface area contributed by atoms with Gasteiger partial charge in [-0.2, -0.15) is 0 Å². The highest BCUT2D eigenvalue weighted by Gasteiger charge is 2.18. The molecule has 0 aliphatic carbocycles. The molecule has 0 saturated carbocycles. The highest BCUT2D eigenvalue weighted by atomic mass is 35.5. The van der Waals surface area contributed by atoms with Crippen LogP contribution in [0.3, 0.4) is 0 Å². The molecule has 1 aromatic heterocycles. The molecular formula is C12H9ClNO2S+. The molecule has 0 amide bonds. The zero-order chi connectivity index (χ0) is 12.3. The van der Waals surface area contributed by atoms with Gasteiger partial charge in [-0.05, 0) is 18.2 Å². The predicted molar refractivity (Wildman–Crippen MR) is 68.1 cm³/mol. The molecule has 0 spiro atoms. The standard InChI is InChI=1S/C12H9ClNO2S/c13-12-4-3-11(17-12)10(16)7-14-5-1-2-9(6-14)8-15/h1-5H,6-7H2/q+1. The first-order valence-electron chi connectivity index (χ1n) is 4.97. The number of carbonyl (C=O) groups is 1. The van der Waals surface area contributed by atoms with E-state index in [0.717, 1.165) is 0 Å². The Balaban J connectivity index is 2.07. The first-order valence-corrected chi connectivity index (χ1v) is 6.16. The van der Waals surface area contributed by atoms with Crippen LogP contribution in [-0.2, 0) is 4.79 Å². The van der Waals surface area contributed by atoms with Gasteiger partial charge in [0.25, 0.3) is 0 Å². The van der Waals surface area contributed by atoms with Crippen LogP contribution < -0.4 is 0 Å². The van der Waals surface area contributed by atoms with Crippen molar-refractivity contribution in [2.45, 2.75) is 0 Å². The van der Waals surface area contributed by atoms with Crippen molar-refractivity contribution < 1.29 is 14.2 Å². The number of rotatable bonds is 3. The summed E-state index contributed by atoms with van der Waals surface area (Å²) in [5.74, 6) is 1.84. The van der Waals surface area contributed by atoms with Crippen LogP contribution in [0, 0.1) is 0 Å². The summed E-state index contributed by atoms with van der Waals surface area (Å²) in [6, 6.07) is 3.42. The Bertz CT molecular complexity index is 565. The topological polar surface area (TPSA) is 37.1 Å². The van der Waals surface area contributed by atoms with Crippen molar-refractivity contribution in [2.75, 3.05) is 13.1 Å². The van der Waals surface area contributed by atoms with Gasteiger partial charge in [0.05, 0.1) is 9.21 Å². The lowest BCUT2D eigenvalue weighted by Gasteiger charge is -2.03. The molecule has 5 heteroatoms. The number of allylic oxidation sites excluding steroid dienone is 1. The van der Waals surface area contributed by atoms with Crippen molar-refractivity contribution in [3.8, 4) is 0 Å². The second-order valence-corrected chi connectivity index (χ2v) is 5.28. The Morgan fingerprint density at radius 1 is 1.53 bits per heavy atom. The number of nitrogens with zero attached hydrogens (tertiary/aromatic N) is 1. The smallest absolute Gasteiger partial charge is 0.236 e. The van der Waals surface area contributed by atoms with Crippen LogP contribution in [0.2, 0.25) is 4.34 Å². The number of thiophene rings is 1. The van der Waals surface area contributed by atoms with Gasteiger partial charge in [-0.25, -0.2) is 9.37 Å². The quantitative estimate of drug-likeness (QED) is 0.477. The maximum Gasteiger partial charge on any atom is 0.236 e. The fourth-order valence-corrected chi connectivity index (χ4v) is 2.48. The molecule has 86 valence electrons. The summed E-state index contributed by atoms with van der Waals surface area (Å²) in [6.45, 7) is 0.664. The summed E-state index contributed by atoms with van der Waals surface area (Å²) in [6.07, 6.45) is 5.21. The lowest BCUT2D eigenvalue weighted by molar-refractivity contribution is -0.501. The van der Waals surface area contributed by atoms with Gasteiger partial charge in [0.1, 0.15) is 11.5 Å². The summed E-state index contributed by atoms with van der Waals surface area (Å²) < 4.78 is 2.38. The monoisotopic (exact) mass is 266 g/mol. The second kappa shape index (κ2) is 5.23. The Hall–Kier alpha value is -1.48. The van der Waals surface area contributed by atoms with Crippen LogP contribution in [0.25, 0.3) is 0 Å². The molecule has 0 radical (unpaired) electrons. The van der Waals surface area contributed by atoms with Crippen LogP contribution in [0.5, 0.6) is 0 Å². The van der Waals surface area contributed by atoms with Crippen molar-refractivity contribution in [2.24, 2.45) is 0 Å².